The summed E-state index contributed by atoms with van der Waals surface area (Å²) in [6, 6.07) is 25.7. The quantitative estimate of drug-likeness (QED) is 0.657. The van der Waals surface area contributed by atoms with E-state index in [0.717, 1.165) is 5.56 Å². The summed E-state index contributed by atoms with van der Waals surface area (Å²) in [5.74, 6) is 0.643. The fraction of sp³-hybridized carbons (Fsp3) is 0.0476. The van der Waals surface area contributed by atoms with Gasteiger partial charge in [0.15, 0.2) is 5.78 Å². The maximum atomic E-state index is 12.3. The van der Waals surface area contributed by atoms with Crippen molar-refractivity contribution < 1.29 is 9.53 Å². The van der Waals surface area contributed by atoms with Crippen molar-refractivity contribution in [2.24, 2.45) is 0 Å². The minimum absolute atomic E-state index is 0.0167. The minimum Gasteiger partial charge on any atom is -0.489 e. The predicted molar refractivity (Wildman–Crippen MR) is 91.8 cm³/mol. The normalized spacial score (nSPS) is 9.96. The molecule has 0 heterocycles. The molecule has 3 rings (SSSR count). The zero-order valence-electron chi connectivity index (χ0n) is 13.0. The highest BCUT2D eigenvalue weighted by Crippen LogP contribution is 2.17. The Morgan fingerprint density at radius 1 is 0.833 bits per heavy atom. The third kappa shape index (κ3) is 3.50. The van der Waals surface area contributed by atoms with E-state index in [0.29, 0.717) is 29.0 Å². The number of hydrogen-bond donors (Lipinski definition) is 0. The van der Waals surface area contributed by atoms with Crippen LogP contribution >= 0.6 is 0 Å². The molecule has 0 radical (unpaired) electrons. The van der Waals surface area contributed by atoms with Gasteiger partial charge in [-0.3, -0.25) is 4.79 Å². The van der Waals surface area contributed by atoms with Crippen molar-refractivity contribution in [2.75, 3.05) is 0 Å². The van der Waals surface area contributed by atoms with Crippen molar-refractivity contribution in [1.82, 2.24) is 0 Å². The third-order valence-corrected chi connectivity index (χ3v) is 3.68. The zero-order chi connectivity index (χ0) is 16.8. The Kier molecular flexibility index (Phi) is 4.69. The van der Waals surface area contributed by atoms with E-state index in [-0.39, 0.29) is 5.78 Å². The molecular formula is C21H15NO2. The van der Waals surface area contributed by atoms with Crippen LogP contribution in [-0.2, 0) is 6.61 Å². The van der Waals surface area contributed by atoms with Crippen molar-refractivity contribution in [3.63, 3.8) is 0 Å². The van der Waals surface area contributed by atoms with Crippen molar-refractivity contribution >= 4 is 5.78 Å². The van der Waals surface area contributed by atoms with Crippen LogP contribution in [0.25, 0.3) is 0 Å². The van der Waals surface area contributed by atoms with Crippen LogP contribution in [0.1, 0.15) is 27.0 Å². The van der Waals surface area contributed by atoms with E-state index < -0.39 is 0 Å². The van der Waals surface area contributed by atoms with Crippen LogP contribution < -0.4 is 4.74 Å². The highest BCUT2D eigenvalue weighted by atomic mass is 16.5. The molecule has 24 heavy (non-hydrogen) atoms. The van der Waals surface area contributed by atoms with E-state index in [1.165, 1.54) is 0 Å². The number of benzene rings is 3. The second-order valence-corrected chi connectivity index (χ2v) is 5.28. The molecule has 0 saturated carbocycles. The van der Waals surface area contributed by atoms with Crippen LogP contribution in [-0.4, -0.2) is 5.78 Å². The van der Waals surface area contributed by atoms with Crippen LogP contribution in [0.4, 0.5) is 0 Å². The molecule has 0 bridgehead atoms. The number of ether oxygens (including phenoxy) is 1. The summed E-state index contributed by atoms with van der Waals surface area (Å²) in [5, 5.41) is 9.08. The molecule has 0 saturated heterocycles. The molecule has 0 aliphatic heterocycles. The maximum absolute atomic E-state index is 12.3. The van der Waals surface area contributed by atoms with Gasteiger partial charge in [-0.05, 0) is 30.3 Å². The molecule has 116 valence electrons. The van der Waals surface area contributed by atoms with Crippen molar-refractivity contribution in [3.05, 3.63) is 101 Å². The van der Waals surface area contributed by atoms with Gasteiger partial charge in [0.25, 0.3) is 0 Å². The molecule has 0 spiro atoms. The lowest BCUT2D eigenvalue weighted by Gasteiger charge is -2.08. The molecular weight excluding hydrogens is 298 g/mol. The van der Waals surface area contributed by atoms with Gasteiger partial charge in [0, 0.05) is 16.7 Å². The topological polar surface area (TPSA) is 50.1 Å². The molecule has 0 unspecified atom stereocenters. The smallest absolute Gasteiger partial charge is 0.193 e. The van der Waals surface area contributed by atoms with Crippen molar-refractivity contribution in [3.8, 4) is 11.8 Å². The summed E-state index contributed by atoms with van der Waals surface area (Å²) in [6.45, 7) is 0.315. The second-order valence-electron chi connectivity index (χ2n) is 5.28. The summed E-state index contributed by atoms with van der Waals surface area (Å²) < 4.78 is 5.71. The van der Waals surface area contributed by atoms with E-state index in [1.54, 1.807) is 42.5 Å². The van der Waals surface area contributed by atoms with Gasteiger partial charge in [-0.15, -0.1) is 0 Å². The Hall–Kier alpha value is -3.38. The minimum atomic E-state index is -0.0167. The molecule has 0 N–H and O–H groups in total. The monoisotopic (exact) mass is 313 g/mol. The molecule has 0 atom stereocenters. The number of nitrogens with zero attached hydrogens (tertiary/aromatic N) is 1. The van der Waals surface area contributed by atoms with Crippen molar-refractivity contribution in [2.45, 2.75) is 6.61 Å². The fourth-order valence-electron chi connectivity index (χ4n) is 2.38. The Morgan fingerprint density at radius 2 is 1.46 bits per heavy atom. The number of carbonyl (C=O) groups is 1. The van der Waals surface area contributed by atoms with E-state index in [1.807, 2.05) is 36.4 Å². The molecule has 0 aromatic heterocycles. The van der Waals surface area contributed by atoms with Crippen LogP contribution in [0.2, 0.25) is 0 Å². The molecule has 3 aromatic carbocycles. The standard InChI is InChI=1S/C21H15NO2/c22-14-18-8-4-5-9-19(18)15-24-20-12-10-17(11-13-20)21(23)16-6-2-1-3-7-16/h1-13H,15H2. The lowest BCUT2D eigenvalue weighted by molar-refractivity contribution is 0.103. The Labute approximate surface area is 140 Å². The maximum Gasteiger partial charge on any atom is 0.193 e. The predicted octanol–water partition coefficient (Wildman–Crippen LogP) is 4.37. The van der Waals surface area contributed by atoms with E-state index >= 15 is 0 Å². The van der Waals surface area contributed by atoms with Crippen LogP contribution in [0.5, 0.6) is 5.75 Å². The van der Waals surface area contributed by atoms with Crippen LogP contribution in [0.15, 0.2) is 78.9 Å². The van der Waals surface area contributed by atoms with Crippen LogP contribution in [0.3, 0.4) is 0 Å². The summed E-state index contributed by atoms with van der Waals surface area (Å²) in [5.41, 5.74) is 2.72. The number of hydrogen-bond acceptors (Lipinski definition) is 3. The average Bonchev–Trinajstić information content (AvgIpc) is 2.67. The van der Waals surface area contributed by atoms with Crippen molar-refractivity contribution in [1.29, 1.82) is 5.26 Å². The molecule has 3 nitrogen and oxygen atoms in total. The van der Waals surface area contributed by atoms with E-state index in [2.05, 4.69) is 6.07 Å². The van der Waals surface area contributed by atoms with E-state index in [9.17, 15) is 4.79 Å². The first-order chi connectivity index (χ1) is 11.8. The fourth-order valence-corrected chi connectivity index (χ4v) is 2.38. The molecule has 3 aromatic rings. The molecule has 0 amide bonds. The summed E-state index contributed by atoms with van der Waals surface area (Å²) in [7, 11) is 0. The largest absolute Gasteiger partial charge is 0.489 e. The SMILES string of the molecule is N#Cc1ccccc1COc1ccc(C(=O)c2ccccc2)cc1. The van der Waals surface area contributed by atoms with Gasteiger partial charge in [0.05, 0.1) is 11.6 Å². The number of nitriles is 1. The average molecular weight is 313 g/mol. The number of carbonyl (C=O) groups excluding carboxylic acids is 1. The highest BCUT2D eigenvalue weighted by Gasteiger charge is 2.08. The second kappa shape index (κ2) is 7.26. The molecule has 0 fully saturated rings. The molecule has 0 aliphatic carbocycles. The third-order valence-electron chi connectivity index (χ3n) is 3.68. The lowest BCUT2D eigenvalue weighted by Crippen LogP contribution is -2.01. The molecule has 0 aliphatic rings. The lowest BCUT2D eigenvalue weighted by atomic mass is 10.0. The van der Waals surface area contributed by atoms with Gasteiger partial charge in [0.1, 0.15) is 12.4 Å². The Bertz CT molecular complexity index is 878. The highest BCUT2D eigenvalue weighted by molar-refractivity contribution is 6.08. The van der Waals surface area contributed by atoms with E-state index in [4.69, 9.17) is 10.00 Å². The summed E-state index contributed by atoms with van der Waals surface area (Å²) in [6.07, 6.45) is 0. The number of ketones is 1. The first-order valence-electron chi connectivity index (χ1n) is 7.58. The van der Waals surface area contributed by atoms with Gasteiger partial charge in [-0.25, -0.2) is 0 Å². The zero-order valence-corrected chi connectivity index (χ0v) is 13.0. The number of rotatable bonds is 5. The first-order valence-corrected chi connectivity index (χ1v) is 7.58. The van der Waals surface area contributed by atoms with Gasteiger partial charge in [-0.2, -0.15) is 5.26 Å². The first kappa shape index (κ1) is 15.5. The molecule has 3 heteroatoms. The van der Waals surface area contributed by atoms with Gasteiger partial charge >= 0.3 is 0 Å². The van der Waals surface area contributed by atoms with Gasteiger partial charge in [-0.1, -0.05) is 48.5 Å². The summed E-state index contributed by atoms with van der Waals surface area (Å²) in [4.78, 5) is 12.3. The Balaban J connectivity index is 1.69. The summed E-state index contributed by atoms with van der Waals surface area (Å²) >= 11 is 0. The van der Waals surface area contributed by atoms with Gasteiger partial charge in [0.2, 0.25) is 0 Å². The van der Waals surface area contributed by atoms with Crippen LogP contribution in [0, 0.1) is 11.3 Å². The van der Waals surface area contributed by atoms with Gasteiger partial charge < -0.3 is 4.74 Å². The Morgan fingerprint density at radius 3 is 2.17 bits per heavy atom.